The van der Waals surface area contributed by atoms with Crippen LogP contribution in [0.2, 0.25) is 0 Å². The molecule has 0 aromatic heterocycles. The molecule has 0 unspecified atom stereocenters. The summed E-state index contributed by atoms with van der Waals surface area (Å²) in [5.74, 6) is 0.582. The Morgan fingerprint density at radius 2 is 1.57 bits per heavy atom. The van der Waals surface area contributed by atoms with Crippen molar-refractivity contribution in [2.75, 3.05) is 0 Å². The molecule has 2 heteroatoms. The zero-order valence-electron chi connectivity index (χ0n) is 13.2. The van der Waals surface area contributed by atoms with Crippen molar-refractivity contribution < 1.29 is 9.90 Å². The summed E-state index contributed by atoms with van der Waals surface area (Å²) in [4.78, 5) is 12.1. The highest BCUT2D eigenvalue weighted by Gasteiger charge is 2.20. The first-order valence-corrected chi connectivity index (χ1v) is 8.28. The van der Waals surface area contributed by atoms with Gasteiger partial charge in [-0.3, -0.25) is 4.79 Å². The third-order valence-corrected chi connectivity index (χ3v) is 4.59. The number of rotatable bonds is 4. The van der Waals surface area contributed by atoms with Crippen molar-refractivity contribution in [2.24, 2.45) is 0 Å². The smallest absolute Gasteiger partial charge is 0.185 e. The molecule has 1 fully saturated rings. The third-order valence-electron chi connectivity index (χ3n) is 4.59. The van der Waals surface area contributed by atoms with Gasteiger partial charge in [0.25, 0.3) is 0 Å². The monoisotopic (exact) mass is 306 g/mol. The summed E-state index contributed by atoms with van der Waals surface area (Å²) in [7, 11) is 0. The van der Waals surface area contributed by atoms with E-state index in [1.165, 1.54) is 5.56 Å². The van der Waals surface area contributed by atoms with E-state index in [4.69, 9.17) is 0 Å². The van der Waals surface area contributed by atoms with Gasteiger partial charge in [-0.15, -0.1) is 0 Å². The zero-order chi connectivity index (χ0) is 16.1. The normalized spacial score (nSPS) is 21.4. The fourth-order valence-electron chi connectivity index (χ4n) is 3.16. The topological polar surface area (TPSA) is 37.3 Å². The Bertz CT molecular complexity index is 663. The first-order chi connectivity index (χ1) is 11.2. The van der Waals surface area contributed by atoms with Crippen molar-refractivity contribution in [3.05, 3.63) is 77.4 Å². The first-order valence-electron chi connectivity index (χ1n) is 8.28. The molecule has 0 amide bonds. The highest BCUT2D eigenvalue weighted by molar-refractivity contribution is 6.06. The number of aliphatic hydroxyl groups is 1. The van der Waals surface area contributed by atoms with Crippen LogP contribution in [-0.2, 0) is 0 Å². The fraction of sp³-hybridized carbons (Fsp3) is 0.286. The van der Waals surface area contributed by atoms with E-state index in [9.17, 15) is 9.90 Å². The van der Waals surface area contributed by atoms with Crippen LogP contribution in [0.4, 0.5) is 0 Å². The molecule has 2 aromatic carbocycles. The average molecular weight is 306 g/mol. The molecule has 2 nitrogen and oxygen atoms in total. The number of ketones is 1. The van der Waals surface area contributed by atoms with E-state index in [-0.39, 0.29) is 11.9 Å². The molecule has 0 atom stereocenters. The van der Waals surface area contributed by atoms with Crippen molar-refractivity contribution in [2.45, 2.75) is 37.7 Å². The van der Waals surface area contributed by atoms with Gasteiger partial charge in [0.05, 0.1) is 6.10 Å². The summed E-state index contributed by atoms with van der Waals surface area (Å²) < 4.78 is 0. The second-order valence-corrected chi connectivity index (χ2v) is 6.24. The van der Waals surface area contributed by atoms with Crippen molar-refractivity contribution >= 4 is 11.9 Å². The van der Waals surface area contributed by atoms with E-state index < -0.39 is 0 Å². The second-order valence-electron chi connectivity index (χ2n) is 6.24. The van der Waals surface area contributed by atoms with E-state index in [0.29, 0.717) is 11.5 Å². The molecule has 3 rings (SSSR count). The lowest BCUT2D eigenvalue weighted by Crippen LogP contribution is -2.16. The van der Waals surface area contributed by atoms with Gasteiger partial charge in [0.1, 0.15) is 0 Å². The van der Waals surface area contributed by atoms with Gasteiger partial charge in [-0.25, -0.2) is 0 Å². The predicted octanol–water partition coefficient (Wildman–Crippen LogP) is 4.60. The van der Waals surface area contributed by atoms with Gasteiger partial charge in [-0.05, 0) is 48.8 Å². The van der Waals surface area contributed by atoms with Crippen LogP contribution in [0.25, 0.3) is 6.08 Å². The molecule has 0 heterocycles. The minimum atomic E-state index is -0.113. The quantitative estimate of drug-likeness (QED) is 0.662. The summed E-state index contributed by atoms with van der Waals surface area (Å²) in [6.07, 6.45) is 7.30. The summed E-state index contributed by atoms with van der Waals surface area (Å²) in [5, 5.41) is 9.59. The zero-order valence-corrected chi connectivity index (χ0v) is 13.2. The Kier molecular flexibility index (Phi) is 5.04. The largest absolute Gasteiger partial charge is 0.393 e. The highest BCUT2D eigenvalue weighted by Crippen LogP contribution is 2.32. The van der Waals surface area contributed by atoms with Gasteiger partial charge in [-0.2, -0.15) is 0 Å². The molecule has 0 bridgehead atoms. The molecule has 0 aliphatic heterocycles. The van der Waals surface area contributed by atoms with E-state index in [1.54, 1.807) is 6.08 Å². The molecular weight excluding hydrogens is 284 g/mol. The Balaban J connectivity index is 1.63. The number of hydrogen-bond acceptors (Lipinski definition) is 2. The molecule has 0 saturated heterocycles. The van der Waals surface area contributed by atoms with Crippen molar-refractivity contribution in [1.82, 2.24) is 0 Å². The van der Waals surface area contributed by atoms with Gasteiger partial charge in [0.2, 0.25) is 0 Å². The van der Waals surface area contributed by atoms with E-state index in [2.05, 4.69) is 24.3 Å². The highest BCUT2D eigenvalue weighted by atomic mass is 16.3. The molecule has 1 aliphatic rings. The maximum atomic E-state index is 12.1. The van der Waals surface area contributed by atoms with Crippen LogP contribution in [0.1, 0.15) is 53.1 Å². The van der Waals surface area contributed by atoms with Crippen LogP contribution in [0.15, 0.2) is 60.7 Å². The fourth-order valence-corrected chi connectivity index (χ4v) is 3.16. The first kappa shape index (κ1) is 15.7. The van der Waals surface area contributed by atoms with Crippen molar-refractivity contribution in [1.29, 1.82) is 0 Å². The van der Waals surface area contributed by atoms with Crippen molar-refractivity contribution in [3.8, 4) is 0 Å². The van der Waals surface area contributed by atoms with E-state index in [0.717, 1.165) is 31.2 Å². The number of allylic oxidation sites excluding steroid dienone is 1. The number of benzene rings is 2. The minimum absolute atomic E-state index is 0.0240. The summed E-state index contributed by atoms with van der Waals surface area (Å²) in [6.45, 7) is 0. The van der Waals surface area contributed by atoms with Gasteiger partial charge < -0.3 is 5.11 Å². The molecule has 0 spiro atoms. The Hall–Kier alpha value is -2.19. The van der Waals surface area contributed by atoms with Crippen LogP contribution >= 0.6 is 0 Å². The van der Waals surface area contributed by atoms with Crippen LogP contribution < -0.4 is 0 Å². The van der Waals surface area contributed by atoms with Crippen LogP contribution in [0, 0.1) is 0 Å². The Morgan fingerprint density at radius 1 is 0.913 bits per heavy atom. The molecule has 2 aromatic rings. The molecular formula is C21H22O2. The minimum Gasteiger partial charge on any atom is -0.393 e. The number of hydrogen-bond donors (Lipinski definition) is 1. The molecule has 23 heavy (non-hydrogen) atoms. The third kappa shape index (κ3) is 4.17. The number of carbonyl (C=O) groups excluding carboxylic acids is 1. The molecule has 1 saturated carbocycles. The summed E-state index contributed by atoms with van der Waals surface area (Å²) in [5.41, 5.74) is 3.08. The van der Waals surface area contributed by atoms with Crippen LogP contribution in [-0.4, -0.2) is 17.0 Å². The molecule has 1 N–H and O–H groups in total. The lowest BCUT2D eigenvalue weighted by Gasteiger charge is -2.25. The van der Waals surface area contributed by atoms with Crippen LogP contribution in [0.3, 0.4) is 0 Å². The Labute approximate surface area is 137 Å². The van der Waals surface area contributed by atoms with Gasteiger partial charge >= 0.3 is 0 Å². The number of aliphatic hydroxyl groups excluding tert-OH is 1. The lowest BCUT2D eigenvalue weighted by molar-refractivity contribution is 0.104. The maximum absolute atomic E-state index is 12.1. The average Bonchev–Trinajstić information content (AvgIpc) is 2.61. The van der Waals surface area contributed by atoms with E-state index >= 15 is 0 Å². The van der Waals surface area contributed by atoms with Crippen LogP contribution in [0.5, 0.6) is 0 Å². The summed E-state index contributed by atoms with van der Waals surface area (Å²) >= 11 is 0. The molecule has 118 valence electrons. The molecule has 0 radical (unpaired) electrons. The Morgan fingerprint density at radius 3 is 2.22 bits per heavy atom. The lowest BCUT2D eigenvalue weighted by atomic mass is 9.82. The number of carbonyl (C=O) groups is 1. The second kappa shape index (κ2) is 7.38. The standard InChI is InChI=1S/C21H22O2/c22-20-13-11-18(12-14-20)17-9-6-16(7-10-17)8-15-21(23)19-4-2-1-3-5-19/h1-10,15,18,20,22H,11-14H2. The van der Waals surface area contributed by atoms with Gasteiger partial charge in [0, 0.05) is 5.56 Å². The van der Waals surface area contributed by atoms with Crippen molar-refractivity contribution in [3.63, 3.8) is 0 Å². The van der Waals surface area contributed by atoms with Gasteiger partial charge in [0.15, 0.2) is 5.78 Å². The SMILES string of the molecule is O=C(C=Cc1ccc(C2CCC(O)CC2)cc1)c1ccccc1. The van der Waals surface area contributed by atoms with E-state index in [1.807, 2.05) is 36.4 Å². The van der Waals surface area contributed by atoms with Gasteiger partial charge in [-0.1, -0.05) is 60.7 Å². The maximum Gasteiger partial charge on any atom is 0.185 e. The summed E-state index contributed by atoms with van der Waals surface area (Å²) in [6, 6.07) is 17.7. The predicted molar refractivity (Wildman–Crippen MR) is 93.5 cm³/mol. The molecule has 1 aliphatic carbocycles.